The summed E-state index contributed by atoms with van der Waals surface area (Å²) in [6.45, 7) is 0.341. The van der Waals surface area contributed by atoms with E-state index in [1.807, 2.05) is 0 Å². The lowest BCUT2D eigenvalue weighted by Gasteiger charge is -2.12. The van der Waals surface area contributed by atoms with Crippen LogP contribution >= 0.6 is 11.6 Å². The molecule has 0 unspecified atom stereocenters. The number of hydrogen-bond donors (Lipinski definition) is 1. The molecule has 0 saturated heterocycles. The fourth-order valence-corrected chi connectivity index (χ4v) is 3.20. The van der Waals surface area contributed by atoms with Crippen LogP contribution in [0.2, 0.25) is 5.28 Å². The molecule has 0 aliphatic rings. The van der Waals surface area contributed by atoms with Crippen LogP contribution < -0.4 is 10.1 Å². The number of methoxy groups -OCH3 is 1. The number of rotatable bonds is 5. The van der Waals surface area contributed by atoms with Crippen molar-refractivity contribution in [3.63, 3.8) is 0 Å². The highest BCUT2D eigenvalue weighted by atomic mass is 35.5. The number of aromatic nitrogens is 4. The Labute approximate surface area is 173 Å². The number of ether oxygens (including phenoxy) is 1. The van der Waals surface area contributed by atoms with E-state index >= 15 is 0 Å². The van der Waals surface area contributed by atoms with Crippen molar-refractivity contribution >= 4 is 28.5 Å². The van der Waals surface area contributed by atoms with Crippen molar-refractivity contribution in [3.8, 4) is 17.1 Å². The summed E-state index contributed by atoms with van der Waals surface area (Å²) in [6.07, 6.45) is -2.10. The molecule has 156 valence electrons. The van der Waals surface area contributed by atoms with E-state index in [1.54, 1.807) is 24.3 Å². The van der Waals surface area contributed by atoms with Gasteiger partial charge in [-0.05, 0) is 29.3 Å². The van der Waals surface area contributed by atoms with Gasteiger partial charge in [0.05, 0.1) is 18.9 Å². The molecule has 0 fully saturated rings. The standard InChI is InChI=1S/C19H15ClF3N5O2/c1-28-9-14(19(21,22)23)26-17(28)11-4-3-10(7-13(11)29-2)8-24-16-15-12(5-6-30-15)25-18(20)27-16/h3-7,9H,8H2,1-2H3,(H,24,25,27). The summed E-state index contributed by atoms with van der Waals surface area (Å²) in [5.74, 6) is 0.969. The van der Waals surface area contributed by atoms with Gasteiger partial charge in [-0.3, -0.25) is 0 Å². The molecule has 1 aromatic carbocycles. The van der Waals surface area contributed by atoms with E-state index in [0.717, 1.165) is 11.8 Å². The molecule has 0 saturated carbocycles. The normalized spacial score (nSPS) is 11.8. The summed E-state index contributed by atoms with van der Waals surface area (Å²) in [4.78, 5) is 11.9. The molecular formula is C19H15ClF3N5O2. The summed E-state index contributed by atoms with van der Waals surface area (Å²) in [7, 11) is 2.94. The largest absolute Gasteiger partial charge is 0.496 e. The number of hydrogen-bond acceptors (Lipinski definition) is 6. The summed E-state index contributed by atoms with van der Waals surface area (Å²) < 4.78 is 51.0. The van der Waals surface area contributed by atoms with Gasteiger partial charge in [-0.15, -0.1) is 0 Å². The van der Waals surface area contributed by atoms with E-state index in [1.165, 1.54) is 25.0 Å². The molecular weight excluding hydrogens is 423 g/mol. The first-order chi connectivity index (χ1) is 14.3. The van der Waals surface area contributed by atoms with Gasteiger partial charge in [-0.25, -0.2) is 9.97 Å². The smallest absolute Gasteiger partial charge is 0.434 e. The number of imidazole rings is 1. The molecule has 30 heavy (non-hydrogen) atoms. The number of nitrogens with zero attached hydrogens (tertiary/aromatic N) is 4. The molecule has 1 N–H and O–H groups in total. The number of anilines is 1. The van der Waals surface area contributed by atoms with Crippen LogP contribution in [0.1, 0.15) is 11.3 Å². The molecule has 0 atom stereocenters. The van der Waals surface area contributed by atoms with Crippen LogP contribution in [0.4, 0.5) is 19.0 Å². The number of fused-ring (bicyclic) bond motifs is 1. The van der Waals surface area contributed by atoms with Gasteiger partial charge in [0.1, 0.15) is 17.1 Å². The Morgan fingerprint density at radius 1 is 1.20 bits per heavy atom. The van der Waals surface area contributed by atoms with E-state index in [2.05, 4.69) is 20.3 Å². The molecule has 7 nitrogen and oxygen atoms in total. The second-order valence-corrected chi connectivity index (χ2v) is 6.76. The lowest BCUT2D eigenvalue weighted by molar-refractivity contribution is -0.140. The minimum atomic E-state index is -4.52. The van der Waals surface area contributed by atoms with Crippen molar-refractivity contribution in [2.45, 2.75) is 12.7 Å². The lowest BCUT2D eigenvalue weighted by atomic mass is 10.1. The molecule has 0 radical (unpaired) electrons. The maximum atomic E-state index is 13.0. The number of alkyl halides is 3. The molecule has 0 spiro atoms. The average molecular weight is 438 g/mol. The highest BCUT2D eigenvalue weighted by molar-refractivity contribution is 6.28. The molecule has 3 aromatic heterocycles. The summed E-state index contributed by atoms with van der Waals surface area (Å²) in [5.41, 5.74) is 1.32. The van der Waals surface area contributed by atoms with E-state index in [0.29, 0.717) is 34.8 Å². The predicted octanol–water partition coefficient (Wildman–Crippen LogP) is 4.92. The van der Waals surface area contributed by atoms with Gasteiger partial charge in [0.15, 0.2) is 17.1 Å². The van der Waals surface area contributed by atoms with Gasteiger partial charge < -0.3 is 19.0 Å². The molecule has 0 aliphatic heterocycles. The quantitative estimate of drug-likeness (QED) is 0.447. The first kappa shape index (κ1) is 20.0. The molecule has 0 amide bonds. The topological polar surface area (TPSA) is 78.0 Å². The predicted molar refractivity (Wildman–Crippen MR) is 104 cm³/mol. The summed E-state index contributed by atoms with van der Waals surface area (Å²) >= 11 is 5.93. The SMILES string of the molecule is COc1cc(CNc2nc(Cl)nc3ccoc23)ccc1-c1nc(C(F)(F)F)cn1C. The van der Waals surface area contributed by atoms with E-state index < -0.39 is 11.9 Å². The van der Waals surface area contributed by atoms with Gasteiger partial charge in [0.25, 0.3) is 0 Å². The first-order valence-corrected chi connectivity index (χ1v) is 9.06. The molecule has 11 heteroatoms. The zero-order valence-electron chi connectivity index (χ0n) is 15.8. The van der Waals surface area contributed by atoms with Crippen molar-refractivity contribution in [2.24, 2.45) is 7.05 Å². The van der Waals surface area contributed by atoms with Crippen LogP contribution in [-0.4, -0.2) is 26.6 Å². The van der Waals surface area contributed by atoms with Crippen LogP contribution in [-0.2, 0) is 19.8 Å². The number of benzene rings is 1. The van der Waals surface area contributed by atoms with Gasteiger partial charge in [-0.2, -0.15) is 18.2 Å². The molecule has 0 bridgehead atoms. The minimum Gasteiger partial charge on any atom is -0.496 e. The lowest BCUT2D eigenvalue weighted by Crippen LogP contribution is -2.05. The third-order valence-corrected chi connectivity index (χ3v) is 4.58. The fourth-order valence-electron chi connectivity index (χ4n) is 3.02. The van der Waals surface area contributed by atoms with Crippen molar-refractivity contribution in [2.75, 3.05) is 12.4 Å². The summed E-state index contributed by atoms with van der Waals surface area (Å²) in [6, 6.07) is 6.81. The second-order valence-electron chi connectivity index (χ2n) is 6.42. The van der Waals surface area contributed by atoms with E-state index in [9.17, 15) is 13.2 Å². The Balaban J connectivity index is 1.61. The Bertz CT molecular complexity index is 1220. The Hall–Kier alpha value is -3.27. The monoisotopic (exact) mass is 437 g/mol. The zero-order chi connectivity index (χ0) is 21.5. The second kappa shape index (κ2) is 7.52. The van der Waals surface area contributed by atoms with Crippen molar-refractivity contribution in [1.82, 2.24) is 19.5 Å². The van der Waals surface area contributed by atoms with Crippen LogP contribution in [0.15, 0.2) is 41.1 Å². The Morgan fingerprint density at radius 3 is 2.70 bits per heavy atom. The maximum absolute atomic E-state index is 13.0. The van der Waals surface area contributed by atoms with Crippen molar-refractivity contribution in [1.29, 1.82) is 0 Å². The third kappa shape index (κ3) is 3.78. The number of aryl methyl sites for hydroxylation is 1. The average Bonchev–Trinajstić information content (AvgIpc) is 3.32. The minimum absolute atomic E-state index is 0.0783. The number of nitrogens with one attached hydrogen (secondary N) is 1. The highest BCUT2D eigenvalue weighted by Crippen LogP contribution is 2.34. The third-order valence-electron chi connectivity index (χ3n) is 4.41. The van der Waals surface area contributed by atoms with Crippen LogP contribution in [0.3, 0.4) is 0 Å². The number of furan rings is 1. The van der Waals surface area contributed by atoms with Gasteiger partial charge >= 0.3 is 6.18 Å². The summed E-state index contributed by atoms with van der Waals surface area (Å²) in [5, 5.41) is 3.20. The van der Waals surface area contributed by atoms with Crippen LogP contribution in [0, 0.1) is 0 Å². The number of halogens is 4. The molecule has 3 heterocycles. The maximum Gasteiger partial charge on any atom is 0.434 e. The van der Waals surface area contributed by atoms with Crippen molar-refractivity contribution < 1.29 is 22.3 Å². The van der Waals surface area contributed by atoms with Gasteiger partial charge in [-0.1, -0.05) is 6.07 Å². The Morgan fingerprint density at radius 2 is 2.00 bits per heavy atom. The van der Waals surface area contributed by atoms with E-state index in [4.69, 9.17) is 20.8 Å². The van der Waals surface area contributed by atoms with Crippen LogP contribution in [0.25, 0.3) is 22.5 Å². The van der Waals surface area contributed by atoms with Crippen LogP contribution in [0.5, 0.6) is 5.75 Å². The molecule has 0 aliphatic carbocycles. The Kier molecular flexibility index (Phi) is 5.02. The highest BCUT2D eigenvalue weighted by Gasteiger charge is 2.34. The van der Waals surface area contributed by atoms with Gasteiger partial charge in [0.2, 0.25) is 5.28 Å². The van der Waals surface area contributed by atoms with E-state index in [-0.39, 0.29) is 11.1 Å². The zero-order valence-corrected chi connectivity index (χ0v) is 16.5. The first-order valence-electron chi connectivity index (χ1n) is 8.68. The molecule has 4 rings (SSSR count). The van der Waals surface area contributed by atoms with Gasteiger partial charge in [0, 0.05) is 25.9 Å². The molecule has 4 aromatic rings. The van der Waals surface area contributed by atoms with Crippen molar-refractivity contribution in [3.05, 3.63) is 53.3 Å². The fraction of sp³-hybridized carbons (Fsp3) is 0.211.